The first-order valence-corrected chi connectivity index (χ1v) is 14.6. The first-order valence-electron chi connectivity index (χ1n) is 14.6. The number of para-hydroxylation sites is 1. The number of fused-ring (bicyclic) bond motifs is 2. The van der Waals surface area contributed by atoms with Crippen LogP contribution in [0.2, 0.25) is 0 Å². The van der Waals surface area contributed by atoms with E-state index in [2.05, 4.69) is 93.9 Å². The molecule has 0 aliphatic heterocycles. The predicted molar refractivity (Wildman–Crippen MR) is 169 cm³/mol. The fraction of sp³-hybridized carbons (Fsp3) is 0.257. The molecule has 1 aliphatic carbocycles. The molecule has 3 aromatic carbocycles. The molecule has 6 nitrogen and oxygen atoms in total. The van der Waals surface area contributed by atoms with E-state index in [-0.39, 0.29) is 11.4 Å². The van der Waals surface area contributed by atoms with Gasteiger partial charge in [-0.05, 0) is 98.6 Å². The van der Waals surface area contributed by atoms with Crippen LogP contribution in [0, 0.1) is 5.82 Å². The molecular formula is C35H37FN6. The van der Waals surface area contributed by atoms with Gasteiger partial charge in [-0.2, -0.15) is 0 Å². The molecule has 1 unspecified atom stereocenters. The molecule has 0 saturated heterocycles. The number of aromatic amines is 2. The average molecular weight is 561 g/mol. The monoisotopic (exact) mass is 560 g/mol. The maximum absolute atomic E-state index is 14.1. The molecule has 0 amide bonds. The third-order valence-electron chi connectivity index (χ3n) is 8.63. The Hall–Kier alpha value is -4.49. The molecule has 7 heteroatoms. The van der Waals surface area contributed by atoms with Gasteiger partial charge in [-0.15, -0.1) is 5.10 Å². The predicted octanol–water partition coefficient (Wildman–Crippen LogP) is 7.42. The highest BCUT2D eigenvalue weighted by atomic mass is 19.1. The molecule has 6 aromatic rings. The molecular weight excluding hydrogens is 523 g/mol. The number of nitrogens with zero attached hydrogens (tertiary/aromatic N) is 4. The van der Waals surface area contributed by atoms with E-state index < -0.39 is 0 Å². The minimum Gasteiger partial charge on any atom is -0.361 e. The summed E-state index contributed by atoms with van der Waals surface area (Å²) in [4.78, 5) is 9.11. The molecule has 0 spiro atoms. The Kier molecular flexibility index (Phi) is 8.02. The van der Waals surface area contributed by atoms with Gasteiger partial charge in [0.05, 0.1) is 6.20 Å². The van der Waals surface area contributed by atoms with Crippen LogP contribution in [0.25, 0.3) is 27.4 Å². The molecule has 2 N–H and O–H groups in total. The Morgan fingerprint density at radius 3 is 2.55 bits per heavy atom. The number of H-pyrrole nitrogens is 2. The van der Waals surface area contributed by atoms with Gasteiger partial charge in [0.15, 0.2) is 0 Å². The molecule has 0 fully saturated rings. The summed E-state index contributed by atoms with van der Waals surface area (Å²) < 4.78 is 15.9. The summed E-state index contributed by atoms with van der Waals surface area (Å²) in [5.74, 6) is -0.206. The molecule has 7 rings (SSSR count). The van der Waals surface area contributed by atoms with E-state index in [1.807, 2.05) is 35.3 Å². The maximum Gasteiger partial charge on any atom is 0.123 e. The summed E-state index contributed by atoms with van der Waals surface area (Å²) in [5, 5.41) is 10.2. The van der Waals surface area contributed by atoms with Crippen LogP contribution in [0.1, 0.15) is 36.1 Å². The van der Waals surface area contributed by atoms with Crippen molar-refractivity contribution in [1.82, 2.24) is 29.9 Å². The molecule has 1 aliphatic rings. The van der Waals surface area contributed by atoms with Crippen LogP contribution >= 0.6 is 0 Å². The number of benzene rings is 3. The van der Waals surface area contributed by atoms with Crippen molar-refractivity contribution in [2.24, 2.45) is 0 Å². The fourth-order valence-electron chi connectivity index (χ4n) is 6.14. The lowest BCUT2D eigenvalue weighted by atomic mass is 9.76. The van der Waals surface area contributed by atoms with Gasteiger partial charge in [0.25, 0.3) is 0 Å². The summed E-state index contributed by atoms with van der Waals surface area (Å²) in [6.45, 7) is 0.708. The molecule has 214 valence electrons. The van der Waals surface area contributed by atoms with E-state index in [1.54, 1.807) is 12.3 Å². The number of hydrogen-bond donors (Lipinski definition) is 2. The minimum atomic E-state index is -0.206. The second-order valence-corrected chi connectivity index (χ2v) is 11.4. The minimum absolute atomic E-state index is 0.101. The zero-order valence-corrected chi connectivity index (χ0v) is 24.2. The highest BCUT2D eigenvalue weighted by Gasteiger charge is 2.35. The van der Waals surface area contributed by atoms with Crippen molar-refractivity contribution in [3.63, 3.8) is 0 Å². The molecule has 3 aromatic heterocycles. The second kappa shape index (κ2) is 12.2. The largest absolute Gasteiger partial charge is 0.361 e. The number of nitrogens with one attached hydrogen (secondary N) is 2. The Bertz CT molecular complexity index is 1750. The SMILES string of the molecule is CN(C)C1(Cc2ccccc2)CC=C(c2[nH]c3ccc(F)cc3c2CCn2ccnn2)CC1.c1ccc2[nH]ccc2c1. The highest BCUT2D eigenvalue weighted by Crippen LogP contribution is 2.40. The Balaban J connectivity index is 0.000000296. The summed E-state index contributed by atoms with van der Waals surface area (Å²) in [5.41, 5.74) is 7.29. The highest BCUT2D eigenvalue weighted by molar-refractivity contribution is 5.89. The third kappa shape index (κ3) is 5.92. The average Bonchev–Trinajstić information content (AvgIpc) is 3.77. The molecule has 0 saturated carbocycles. The molecule has 3 heterocycles. The normalized spacial score (nSPS) is 16.9. The van der Waals surface area contributed by atoms with Gasteiger partial charge in [-0.25, -0.2) is 4.39 Å². The number of allylic oxidation sites excluding steroid dienone is 1. The number of rotatable bonds is 7. The van der Waals surface area contributed by atoms with Crippen molar-refractivity contribution in [1.29, 1.82) is 0 Å². The van der Waals surface area contributed by atoms with E-state index in [1.165, 1.54) is 28.1 Å². The number of aryl methyl sites for hydroxylation is 2. The first kappa shape index (κ1) is 27.7. The fourth-order valence-corrected chi connectivity index (χ4v) is 6.14. The lowest BCUT2D eigenvalue weighted by molar-refractivity contribution is 0.138. The van der Waals surface area contributed by atoms with Crippen LogP contribution in [-0.2, 0) is 19.4 Å². The standard InChI is InChI=1S/C27H30FN5.C8H7N/c1-32(2)27(19-20-6-4-3-5-7-20)13-10-21(11-14-27)26-23(12-16-33-17-15-29-31-33)24-18-22(28)8-9-25(24)30-26;1-2-4-8-7(3-1)5-6-9-8/h3-10,15,17-18,30H,11-14,16,19H2,1-2H3;1-6,9H. The Morgan fingerprint density at radius 2 is 1.81 bits per heavy atom. The molecule has 42 heavy (non-hydrogen) atoms. The van der Waals surface area contributed by atoms with Gasteiger partial charge in [0.2, 0.25) is 0 Å². The van der Waals surface area contributed by atoms with E-state index in [4.69, 9.17) is 0 Å². The van der Waals surface area contributed by atoms with Gasteiger partial charge in [-0.1, -0.05) is 59.8 Å². The van der Waals surface area contributed by atoms with Crippen molar-refractivity contribution in [3.8, 4) is 0 Å². The van der Waals surface area contributed by atoms with Gasteiger partial charge in [0.1, 0.15) is 5.82 Å². The van der Waals surface area contributed by atoms with Crippen molar-refractivity contribution in [3.05, 3.63) is 126 Å². The number of aromatic nitrogens is 5. The van der Waals surface area contributed by atoms with Gasteiger partial charge < -0.3 is 14.9 Å². The summed E-state index contributed by atoms with van der Waals surface area (Å²) in [6.07, 6.45) is 12.7. The smallest absolute Gasteiger partial charge is 0.123 e. The second-order valence-electron chi connectivity index (χ2n) is 11.4. The quantitative estimate of drug-likeness (QED) is 0.214. The van der Waals surface area contributed by atoms with Crippen molar-refractivity contribution >= 4 is 27.4 Å². The van der Waals surface area contributed by atoms with Gasteiger partial charge >= 0.3 is 0 Å². The van der Waals surface area contributed by atoms with Crippen LogP contribution in [-0.4, -0.2) is 49.5 Å². The van der Waals surface area contributed by atoms with Crippen molar-refractivity contribution in [2.75, 3.05) is 14.1 Å². The Morgan fingerprint density at radius 1 is 0.976 bits per heavy atom. The van der Waals surface area contributed by atoms with Crippen LogP contribution < -0.4 is 0 Å². The number of halogens is 1. The zero-order valence-electron chi connectivity index (χ0n) is 24.2. The van der Waals surface area contributed by atoms with Gasteiger partial charge in [-0.3, -0.25) is 4.68 Å². The van der Waals surface area contributed by atoms with Crippen LogP contribution in [0.3, 0.4) is 0 Å². The summed E-state index contributed by atoms with van der Waals surface area (Å²) in [6, 6.07) is 26.1. The topological polar surface area (TPSA) is 65.5 Å². The summed E-state index contributed by atoms with van der Waals surface area (Å²) in [7, 11) is 4.38. The van der Waals surface area contributed by atoms with Crippen LogP contribution in [0.4, 0.5) is 4.39 Å². The van der Waals surface area contributed by atoms with E-state index in [0.29, 0.717) is 6.54 Å². The summed E-state index contributed by atoms with van der Waals surface area (Å²) >= 11 is 0. The molecule has 0 radical (unpaired) electrons. The molecule has 0 bridgehead atoms. The lowest BCUT2D eigenvalue weighted by Gasteiger charge is -2.42. The number of likely N-dealkylation sites (N-methyl/N-ethyl adjacent to an activating group) is 1. The lowest BCUT2D eigenvalue weighted by Crippen LogP contribution is -2.47. The zero-order chi connectivity index (χ0) is 28.9. The van der Waals surface area contributed by atoms with Crippen molar-refractivity contribution < 1.29 is 4.39 Å². The van der Waals surface area contributed by atoms with E-state index in [0.717, 1.165) is 54.3 Å². The van der Waals surface area contributed by atoms with Gasteiger partial charge in [0, 0.05) is 46.6 Å². The maximum atomic E-state index is 14.1. The Labute approximate surface area is 245 Å². The van der Waals surface area contributed by atoms with E-state index in [9.17, 15) is 4.39 Å². The molecule has 1 atom stereocenters. The van der Waals surface area contributed by atoms with Crippen LogP contribution in [0.15, 0.2) is 104 Å². The van der Waals surface area contributed by atoms with E-state index >= 15 is 0 Å². The van der Waals surface area contributed by atoms with Crippen LogP contribution in [0.5, 0.6) is 0 Å². The van der Waals surface area contributed by atoms with Crippen molar-refractivity contribution in [2.45, 2.75) is 44.2 Å². The third-order valence-corrected chi connectivity index (χ3v) is 8.63. The number of hydrogen-bond acceptors (Lipinski definition) is 3. The first-order chi connectivity index (χ1) is 20.5.